The van der Waals surface area contributed by atoms with Crippen LogP contribution in [0.4, 0.5) is 24.5 Å². The third kappa shape index (κ3) is 4.03. The number of alkyl halides is 3. The third-order valence-corrected chi connectivity index (χ3v) is 4.96. The van der Waals surface area contributed by atoms with Crippen molar-refractivity contribution >= 4 is 23.2 Å². The number of fused-ring (bicyclic) bond motifs is 3. The maximum atomic E-state index is 12.8. The largest absolute Gasteiger partial charge is 0.393 e. The average molecular weight is 390 g/mol. The highest BCUT2D eigenvalue weighted by atomic mass is 19.4. The molecule has 2 atom stereocenters. The Kier molecular flexibility index (Phi) is 5.19. The van der Waals surface area contributed by atoms with Gasteiger partial charge >= 0.3 is 6.18 Å². The zero-order valence-electron chi connectivity index (χ0n) is 15.6. The summed E-state index contributed by atoms with van der Waals surface area (Å²) >= 11 is 0. The SMILES string of the molecule is C=C/C(CC(F)(F)F)=C(\C=C/C)C(=O)Nc1cc(C)c2c(c1)C1CC1C(=O)N2. The Morgan fingerprint density at radius 1 is 1.36 bits per heavy atom. The highest BCUT2D eigenvalue weighted by Crippen LogP contribution is 2.54. The van der Waals surface area contributed by atoms with Crippen LogP contribution in [-0.2, 0) is 9.59 Å². The molecule has 7 heteroatoms. The summed E-state index contributed by atoms with van der Waals surface area (Å²) in [5.74, 6) is -0.517. The van der Waals surface area contributed by atoms with Crippen molar-refractivity contribution in [3.8, 4) is 0 Å². The smallest absolute Gasteiger partial charge is 0.325 e. The molecule has 1 aromatic rings. The molecule has 4 nitrogen and oxygen atoms in total. The van der Waals surface area contributed by atoms with E-state index >= 15 is 0 Å². The number of allylic oxidation sites excluding steroid dienone is 3. The van der Waals surface area contributed by atoms with E-state index in [-0.39, 0.29) is 28.9 Å². The number of hydrogen-bond donors (Lipinski definition) is 2. The first-order chi connectivity index (χ1) is 13.1. The quantitative estimate of drug-likeness (QED) is 0.549. The van der Waals surface area contributed by atoms with Crippen molar-refractivity contribution in [2.24, 2.45) is 5.92 Å². The van der Waals surface area contributed by atoms with E-state index in [1.165, 1.54) is 12.2 Å². The molecule has 28 heavy (non-hydrogen) atoms. The molecule has 2 aliphatic rings. The van der Waals surface area contributed by atoms with Crippen LogP contribution < -0.4 is 10.6 Å². The van der Waals surface area contributed by atoms with Gasteiger partial charge in [0.1, 0.15) is 0 Å². The average Bonchev–Trinajstić information content (AvgIpc) is 3.40. The number of halogens is 3. The van der Waals surface area contributed by atoms with Crippen LogP contribution in [0.25, 0.3) is 0 Å². The van der Waals surface area contributed by atoms with Gasteiger partial charge < -0.3 is 10.6 Å². The summed E-state index contributed by atoms with van der Waals surface area (Å²) in [6.45, 7) is 6.86. The van der Waals surface area contributed by atoms with Crippen molar-refractivity contribution in [3.63, 3.8) is 0 Å². The van der Waals surface area contributed by atoms with Crippen LogP contribution in [0.1, 0.15) is 36.8 Å². The van der Waals surface area contributed by atoms with Gasteiger partial charge in [-0.05, 0) is 55.0 Å². The molecule has 1 aliphatic heterocycles. The fourth-order valence-corrected chi connectivity index (χ4v) is 3.58. The normalized spacial score (nSPS) is 21.4. The molecule has 0 bridgehead atoms. The first-order valence-electron chi connectivity index (χ1n) is 8.96. The van der Waals surface area contributed by atoms with Gasteiger partial charge in [-0.15, -0.1) is 0 Å². The van der Waals surface area contributed by atoms with Crippen LogP contribution in [0.2, 0.25) is 0 Å². The van der Waals surface area contributed by atoms with Crippen molar-refractivity contribution < 1.29 is 22.8 Å². The molecule has 2 unspecified atom stereocenters. The lowest BCUT2D eigenvalue weighted by atomic mass is 9.98. The van der Waals surface area contributed by atoms with Gasteiger partial charge in [0.25, 0.3) is 5.91 Å². The van der Waals surface area contributed by atoms with Crippen LogP contribution in [0.3, 0.4) is 0 Å². The Balaban J connectivity index is 1.91. The van der Waals surface area contributed by atoms with Gasteiger partial charge in [-0.25, -0.2) is 0 Å². The number of carbonyl (C=O) groups is 2. The second-order valence-corrected chi connectivity index (χ2v) is 7.08. The zero-order valence-corrected chi connectivity index (χ0v) is 15.6. The minimum Gasteiger partial charge on any atom is -0.325 e. The number of nitrogens with one attached hydrogen (secondary N) is 2. The van der Waals surface area contributed by atoms with Crippen LogP contribution in [0.15, 0.2) is 48.1 Å². The molecule has 3 rings (SSSR count). The summed E-state index contributed by atoms with van der Waals surface area (Å²) in [6.07, 6.45) is -0.991. The van der Waals surface area contributed by atoms with Crippen LogP contribution in [0.5, 0.6) is 0 Å². The maximum absolute atomic E-state index is 12.8. The molecule has 2 N–H and O–H groups in total. The molecule has 1 aliphatic carbocycles. The van der Waals surface area contributed by atoms with Gasteiger partial charge in [0.05, 0.1) is 6.42 Å². The molecular formula is C21H21F3N2O2. The van der Waals surface area contributed by atoms with E-state index < -0.39 is 18.5 Å². The maximum Gasteiger partial charge on any atom is 0.393 e. The van der Waals surface area contributed by atoms with E-state index in [9.17, 15) is 22.8 Å². The molecule has 1 heterocycles. The van der Waals surface area contributed by atoms with Gasteiger partial charge in [0, 0.05) is 22.9 Å². The van der Waals surface area contributed by atoms with Crippen molar-refractivity contribution in [1.82, 2.24) is 0 Å². The van der Waals surface area contributed by atoms with E-state index in [1.807, 2.05) is 6.92 Å². The second kappa shape index (κ2) is 7.30. The van der Waals surface area contributed by atoms with Crippen LogP contribution in [0, 0.1) is 12.8 Å². The van der Waals surface area contributed by atoms with Crippen molar-refractivity contribution in [3.05, 3.63) is 59.2 Å². The van der Waals surface area contributed by atoms with Gasteiger partial charge in [-0.2, -0.15) is 13.2 Å². The monoisotopic (exact) mass is 390 g/mol. The van der Waals surface area contributed by atoms with Gasteiger partial charge in [0.15, 0.2) is 0 Å². The molecule has 2 amide bonds. The number of anilines is 2. The molecular weight excluding hydrogens is 369 g/mol. The van der Waals surface area contributed by atoms with Crippen LogP contribution in [-0.4, -0.2) is 18.0 Å². The number of benzene rings is 1. The van der Waals surface area contributed by atoms with Crippen LogP contribution >= 0.6 is 0 Å². The molecule has 148 valence electrons. The van der Waals surface area contributed by atoms with E-state index in [0.29, 0.717) is 5.69 Å². The van der Waals surface area contributed by atoms with Crippen molar-refractivity contribution in [2.45, 2.75) is 38.8 Å². The molecule has 0 saturated heterocycles. The lowest BCUT2D eigenvalue weighted by Crippen LogP contribution is -2.21. The first kappa shape index (κ1) is 19.9. The molecule has 1 aromatic carbocycles. The van der Waals surface area contributed by atoms with Gasteiger partial charge in [-0.1, -0.05) is 24.8 Å². The highest BCUT2D eigenvalue weighted by Gasteiger charge is 2.48. The van der Waals surface area contributed by atoms with Gasteiger partial charge in [0.2, 0.25) is 5.91 Å². The molecule has 0 spiro atoms. The Labute approximate surface area is 161 Å². The minimum atomic E-state index is -4.45. The number of amides is 2. The van der Waals surface area contributed by atoms with E-state index in [2.05, 4.69) is 17.2 Å². The third-order valence-electron chi connectivity index (χ3n) is 4.96. The zero-order chi connectivity index (χ0) is 20.6. The second-order valence-electron chi connectivity index (χ2n) is 7.08. The summed E-state index contributed by atoms with van der Waals surface area (Å²) in [6, 6.07) is 3.49. The lowest BCUT2D eigenvalue weighted by molar-refractivity contribution is -0.126. The fourth-order valence-electron chi connectivity index (χ4n) is 3.58. The molecule has 0 radical (unpaired) electrons. The number of aryl methyl sites for hydroxylation is 1. The topological polar surface area (TPSA) is 58.2 Å². The lowest BCUT2D eigenvalue weighted by Gasteiger charge is -2.20. The Hall–Kier alpha value is -2.83. The predicted molar refractivity (Wildman–Crippen MR) is 102 cm³/mol. The summed E-state index contributed by atoms with van der Waals surface area (Å²) in [4.78, 5) is 24.6. The summed E-state index contributed by atoms with van der Waals surface area (Å²) < 4.78 is 38.5. The molecule has 0 aromatic heterocycles. The number of carbonyl (C=O) groups excluding carboxylic acids is 2. The Morgan fingerprint density at radius 2 is 2.07 bits per heavy atom. The highest BCUT2D eigenvalue weighted by molar-refractivity contribution is 6.07. The summed E-state index contributed by atoms with van der Waals surface area (Å²) in [5.41, 5.74) is 2.73. The molecule has 1 saturated carbocycles. The van der Waals surface area contributed by atoms with Crippen molar-refractivity contribution in [2.75, 3.05) is 10.6 Å². The first-order valence-corrected chi connectivity index (χ1v) is 8.96. The van der Waals surface area contributed by atoms with E-state index in [4.69, 9.17) is 0 Å². The molecule has 1 fully saturated rings. The summed E-state index contributed by atoms with van der Waals surface area (Å²) in [5, 5.41) is 5.58. The fraction of sp³-hybridized carbons (Fsp3) is 0.333. The number of rotatable bonds is 5. The standard InChI is InChI=1S/C21H21F3N2O2/c1-4-6-14(12(5-2)10-21(22,23)24)19(27)25-13-7-11(3)18-16(8-13)15-9-17(15)20(28)26-18/h4-8,15,17H,2,9-10H2,1,3H3,(H,25,27)(H,26,28)/b6-4-,14-12-. The predicted octanol–water partition coefficient (Wildman–Crippen LogP) is 5.00. The van der Waals surface area contributed by atoms with E-state index in [1.54, 1.807) is 19.1 Å². The number of hydrogen-bond acceptors (Lipinski definition) is 2. The Bertz CT molecular complexity index is 913. The Morgan fingerprint density at radius 3 is 2.68 bits per heavy atom. The minimum absolute atomic E-state index is 0.0125. The van der Waals surface area contributed by atoms with Crippen molar-refractivity contribution in [1.29, 1.82) is 0 Å². The summed E-state index contributed by atoms with van der Waals surface area (Å²) in [7, 11) is 0. The van der Waals surface area contributed by atoms with Gasteiger partial charge in [-0.3, -0.25) is 9.59 Å². The van der Waals surface area contributed by atoms with E-state index in [0.717, 1.165) is 29.3 Å².